The second-order valence-electron chi connectivity index (χ2n) is 14.0. The molecule has 0 saturated carbocycles. The van der Waals surface area contributed by atoms with E-state index < -0.39 is 0 Å². The van der Waals surface area contributed by atoms with Gasteiger partial charge in [-0.05, 0) is 83.9 Å². The molecular formula is C50H29N5. The normalized spacial score (nSPS) is 11.6. The summed E-state index contributed by atoms with van der Waals surface area (Å²) >= 11 is 0. The highest BCUT2D eigenvalue weighted by molar-refractivity contribution is 6.15. The quantitative estimate of drug-likeness (QED) is 0.184. The van der Waals surface area contributed by atoms with Crippen LogP contribution in [0, 0.1) is 22.7 Å². The second kappa shape index (κ2) is 11.8. The van der Waals surface area contributed by atoms with Crippen molar-refractivity contribution in [3.05, 3.63) is 187 Å². The maximum atomic E-state index is 10.5. The molecule has 5 heteroatoms. The van der Waals surface area contributed by atoms with Crippen LogP contribution in [0.2, 0.25) is 0 Å². The average Bonchev–Trinajstić information content (AvgIpc) is 3.89. The van der Waals surface area contributed by atoms with Crippen LogP contribution in [-0.2, 0) is 0 Å². The molecule has 0 saturated heterocycles. The van der Waals surface area contributed by atoms with Crippen LogP contribution in [0.25, 0.3) is 93.6 Å². The van der Waals surface area contributed by atoms with Crippen molar-refractivity contribution < 1.29 is 0 Å². The fraction of sp³-hybridized carbons (Fsp3) is 0. The topological polar surface area (TPSA) is 62.4 Å². The fourth-order valence-corrected chi connectivity index (χ4v) is 8.82. The molecule has 55 heavy (non-hydrogen) atoms. The fourth-order valence-electron chi connectivity index (χ4n) is 8.82. The van der Waals surface area contributed by atoms with Crippen molar-refractivity contribution in [1.82, 2.24) is 13.7 Å². The predicted octanol–water partition coefficient (Wildman–Crippen LogP) is 12.4. The van der Waals surface area contributed by atoms with E-state index in [-0.39, 0.29) is 0 Å². The van der Waals surface area contributed by atoms with Gasteiger partial charge in [0.25, 0.3) is 0 Å². The lowest BCUT2D eigenvalue weighted by Gasteiger charge is -2.16. The zero-order valence-corrected chi connectivity index (χ0v) is 29.5. The van der Waals surface area contributed by atoms with Gasteiger partial charge in [0, 0.05) is 43.7 Å². The van der Waals surface area contributed by atoms with E-state index in [1.807, 2.05) is 36.4 Å². The number of para-hydroxylation sites is 5. The van der Waals surface area contributed by atoms with Crippen LogP contribution in [0.5, 0.6) is 0 Å². The molecular weight excluding hydrogens is 671 g/mol. The molecule has 0 unspecified atom stereocenters. The van der Waals surface area contributed by atoms with Crippen molar-refractivity contribution in [2.45, 2.75) is 0 Å². The summed E-state index contributed by atoms with van der Waals surface area (Å²) in [5.74, 6) is 0. The number of aromatic nitrogens is 3. The smallest absolute Gasteiger partial charge is 0.0998 e. The highest BCUT2D eigenvalue weighted by Crippen LogP contribution is 2.41. The molecule has 0 amide bonds. The molecule has 0 aliphatic carbocycles. The Balaban J connectivity index is 1.17. The lowest BCUT2D eigenvalue weighted by Crippen LogP contribution is -2.01. The summed E-state index contributed by atoms with van der Waals surface area (Å²) in [6, 6.07) is 66.0. The third-order valence-electron chi connectivity index (χ3n) is 11.1. The van der Waals surface area contributed by atoms with Crippen molar-refractivity contribution in [2.75, 3.05) is 0 Å². The Morgan fingerprint density at radius 1 is 0.364 bits per heavy atom. The standard InChI is InChI=1S/C50H29N5/c51-30-32-26-35(33-12-9-14-36(28-33)53-46-23-8-4-18-42(46)49-34(31-52)13-10-24-47(49)53)29-37(27-32)54-43-20-5-3-17-40(43)41-19-11-25-48(50(41)54)55-44-21-6-1-15-38(44)39-16-2-7-22-45(39)55/h1-29H. The molecule has 0 N–H and O–H groups in total. The molecule has 0 atom stereocenters. The predicted molar refractivity (Wildman–Crippen MR) is 224 cm³/mol. The van der Waals surface area contributed by atoms with E-state index in [1.165, 1.54) is 10.8 Å². The van der Waals surface area contributed by atoms with E-state index in [9.17, 15) is 10.5 Å². The molecule has 5 nitrogen and oxygen atoms in total. The van der Waals surface area contributed by atoms with E-state index in [0.717, 1.165) is 82.8 Å². The van der Waals surface area contributed by atoms with Gasteiger partial charge in [-0.15, -0.1) is 0 Å². The van der Waals surface area contributed by atoms with Crippen LogP contribution < -0.4 is 0 Å². The number of hydrogen-bond acceptors (Lipinski definition) is 2. The van der Waals surface area contributed by atoms with Gasteiger partial charge in [-0.1, -0.05) is 103 Å². The zero-order valence-electron chi connectivity index (χ0n) is 29.5. The summed E-state index contributed by atoms with van der Waals surface area (Å²) in [4.78, 5) is 0. The number of nitrogens with zero attached hydrogens (tertiary/aromatic N) is 5. The van der Waals surface area contributed by atoms with Gasteiger partial charge >= 0.3 is 0 Å². The molecule has 0 aliphatic rings. The molecule has 254 valence electrons. The van der Waals surface area contributed by atoms with Crippen molar-refractivity contribution in [3.8, 4) is 40.3 Å². The van der Waals surface area contributed by atoms with Gasteiger partial charge in [-0.3, -0.25) is 0 Å². The largest absolute Gasteiger partial charge is 0.309 e. The van der Waals surface area contributed by atoms with Gasteiger partial charge in [0.15, 0.2) is 0 Å². The van der Waals surface area contributed by atoms with Gasteiger partial charge in [-0.25, -0.2) is 0 Å². The lowest BCUT2D eigenvalue weighted by molar-refractivity contribution is 1.13. The Bertz CT molecular complexity index is 3420. The Hall–Kier alpha value is -7.86. The lowest BCUT2D eigenvalue weighted by atomic mass is 10.0. The van der Waals surface area contributed by atoms with Crippen molar-refractivity contribution in [2.24, 2.45) is 0 Å². The Labute approximate surface area is 316 Å². The van der Waals surface area contributed by atoms with Crippen LogP contribution in [0.4, 0.5) is 0 Å². The highest BCUT2D eigenvalue weighted by Gasteiger charge is 2.21. The van der Waals surface area contributed by atoms with Gasteiger partial charge in [0.05, 0.1) is 62.1 Å². The summed E-state index contributed by atoms with van der Waals surface area (Å²) in [6.07, 6.45) is 0. The molecule has 0 bridgehead atoms. The van der Waals surface area contributed by atoms with Crippen LogP contribution in [-0.4, -0.2) is 13.7 Å². The van der Waals surface area contributed by atoms with Crippen molar-refractivity contribution >= 4 is 65.4 Å². The number of fused-ring (bicyclic) bond motifs is 9. The van der Waals surface area contributed by atoms with E-state index in [1.54, 1.807) is 0 Å². The van der Waals surface area contributed by atoms with E-state index in [4.69, 9.17) is 0 Å². The maximum Gasteiger partial charge on any atom is 0.0998 e. The molecule has 11 aromatic rings. The van der Waals surface area contributed by atoms with Gasteiger partial charge < -0.3 is 13.7 Å². The van der Waals surface area contributed by atoms with Crippen molar-refractivity contribution in [3.63, 3.8) is 0 Å². The first kappa shape index (κ1) is 30.7. The van der Waals surface area contributed by atoms with Crippen LogP contribution in [0.15, 0.2) is 176 Å². The first-order valence-corrected chi connectivity index (χ1v) is 18.3. The Kier molecular flexibility index (Phi) is 6.61. The summed E-state index contributed by atoms with van der Waals surface area (Å²) < 4.78 is 6.94. The SMILES string of the molecule is N#Cc1cc(-c2cccc(-n3c4ccccc4c4c(C#N)cccc43)c2)cc(-n2c3ccccc3c3cccc(-n4c5ccccc5c5ccccc54)c32)c1. The van der Waals surface area contributed by atoms with Crippen LogP contribution in [0.1, 0.15) is 11.1 Å². The summed E-state index contributed by atoms with van der Waals surface area (Å²) in [5, 5.41) is 27.2. The minimum atomic E-state index is 0.578. The molecule has 11 rings (SSSR count). The molecule has 8 aromatic carbocycles. The van der Waals surface area contributed by atoms with E-state index in [0.29, 0.717) is 11.1 Å². The molecule has 0 spiro atoms. The molecule has 0 radical (unpaired) electrons. The van der Waals surface area contributed by atoms with E-state index in [2.05, 4.69) is 165 Å². The van der Waals surface area contributed by atoms with Gasteiger partial charge in [-0.2, -0.15) is 10.5 Å². The number of rotatable bonds is 4. The van der Waals surface area contributed by atoms with Gasteiger partial charge in [0.2, 0.25) is 0 Å². The zero-order chi connectivity index (χ0) is 36.6. The molecule has 0 fully saturated rings. The maximum absolute atomic E-state index is 10.5. The first-order chi connectivity index (χ1) is 27.2. The third kappa shape index (κ3) is 4.45. The Morgan fingerprint density at radius 2 is 0.909 bits per heavy atom. The number of nitriles is 2. The van der Waals surface area contributed by atoms with Crippen LogP contribution >= 0.6 is 0 Å². The first-order valence-electron chi connectivity index (χ1n) is 18.3. The average molecular weight is 700 g/mol. The molecule has 3 aromatic heterocycles. The van der Waals surface area contributed by atoms with E-state index >= 15 is 0 Å². The molecule has 3 heterocycles. The van der Waals surface area contributed by atoms with Crippen molar-refractivity contribution in [1.29, 1.82) is 10.5 Å². The monoisotopic (exact) mass is 699 g/mol. The second-order valence-corrected chi connectivity index (χ2v) is 14.0. The highest BCUT2D eigenvalue weighted by atomic mass is 15.1. The van der Waals surface area contributed by atoms with Gasteiger partial charge in [0.1, 0.15) is 0 Å². The van der Waals surface area contributed by atoms with Crippen LogP contribution in [0.3, 0.4) is 0 Å². The number of benzene rings is 8. The minimum Gasteiger partial charge on any atom is -0.309 e. The summed E-state index contributed by atoms with van der Waals surface area (Å²) in [5.41, 5.74) is 12.6. The number of hydrogen-bond donors (Lipinski definition) is 0. The molecule has 0 aliphatic heterocycles. The Morgan fingerprint density at radius 3 is 1.60 bits per heavy atom. The minimum absolute atomic E-state index is 0.578. The third-order valence-corrected chi connectivity index (χ3v) is 11.1. The summed E-state index contributed by atoms with van der Waals surface area (Å²) in [6.45, 7) is 0. The summed E-state index contributed by atoms with van der Waals surface area (Å²) in [7, 11) is 0.